The molecule has 25 heavy (non-hydrogen) atoms. The SMILES string of the molecule is CC(C)N(CCC(=O)O)C(=O)C1CC(=O)N(c2ccc(F)cc2F)C1. The lowest BCUT2D eigenvalue weighted by Crippen LogP contribution is -2.43. The lowest BCUT2D eigenvalue weighted by Gasteiger charge is -2.28. The Morgan fingerprint density at radius 3 is 2.60 bits per heavy atom. The number of aliphatic carboxylic acids is 1. The molecule has 8 heteroatoms. The van der Waals surface area contributed by atoms with E-state index >= 15 is 0 Å². The van der Waals surface area contributed by atoms with Crippen molar-refractivity contribution >= 4 is 23.5 Å². The molecule has 1 aliphatic rings. The first kappa shape index (κ1) is 18.8. The highest BCUT2D eigenvalue weighted by molar-refractivity contribution is 6.00. The number of hydrogen-bond donors (Lipinski definition) is 1. The molecule has 1 aromatic carbocycles. The van der Waals surface area contributed by atoms with Crippen LogP contribution in [0.5, 0.6) is 0 Å². The van der Waals surface area contributed by atoms with Crippen molar-refractivity contribution in [3.05, 3.63) is 29.8 Å². The van der Waals surface area contributed by atoms with Crippen molar-refractivity contribution in [2.45, 2.75) is 32.7 Å². The summed E-state index contributed by atoms with van der Waals surface area (Å²) >= 11 is 0. The molecule has 1 N–H and O–H groups in total. The van der Waals surface area contributed by atoms with Gasteiger partial charge in [-0.25, -0.2) is 8.78 Å². The van der Waals surface area contributed by atoms with Crippen molar-refractivity contribution in [1.82, 2.24) is 4.90 Å². The molecule has 1 aromatic rings. The van der Waals surface area contributed by atoms with Gasteiger partial charge in [-0.2, -0.15) is 0 Å². The molecule has 1 aliphatic heterocycles. The molecule has 2 rings (SSSR count). The van der Waals surface area contributed by atoms with Crippen LogP contribution < -0.4 is 4.90 Å². The minimum atomic E-state index is -1.02. The summed E-state index contributed by atoms with van der Waals surface area (Å²) in [6.07, 6.45) is -0.285. The second-order valence-electron chi connectivity index (χ2n) is 6.27. The zero-order valence-corrected chi connectivity index (χ0v) is 14.0. The van der Waals surface area contributed by atoms with E-state index in [2.05, 4.69) is 0 Å². The molecule has 6 nitrogen and oxygen atoms in total. The van der Waals surface area contributed by atoms with Crippen LogP contribution >= 0.6 is 0 Å². The van der Waals surface area contributed by atoms with Gasteiger partial charge in [-0.15, -0.1) is 0 Å². The number of carbonyl (C=O) groups is 3. The number of halogens is 2. The topological polar surface area (TPSA) is 77.9 Å². The zero-order chi connectivity index (χ0) is 18.7. The van der Waals surface area contributed by atoms with Crippen LogP contribution in [0.3, 0.4) is 0 Å². The average Bonchev–Trinajstić information content (AvgIpc) is 2.88. The second kappa shape index (κ2) is 7.58. The van der Waals surface area contributed by atoms with Gasteiger partial charge in [0.1, 0.15) is 11.6 Å². The number of nitrogens with zero attached hydrogens (tertiary/aromatic N) is 2. The van der Waals surface area contributed by atoms with Gasteiger partial charge < -0.3 is 14.9 Å². The summed E-state index contributed by atoms with van der Waals surface area (Å²) in [5.74, 6) is -4.09. The van der Waals surface area contributed by atoms with Crippen molar-refractivity contribution in [2.24, 2.45) is 5.92 Å². The summed E-state index contributed by atoms with van der Waals surface area (Å²) in [4.78, 5) is 38.1. The van der Waals surface area contributed by atoms with E-state index in [1.54, 1.807) is 13.8 Å². The quantitative estimate of drug-likeness (QED) is 0.848. The third-order valence-electron chi connectivity index (χ3n) is 4.15. The van der Waals surface area contributed by atoms with E-state index in [0.717, 1.165) is 11.0 Å². The third-order valence-corrected chi connectivity index (χ3v) is 4.15. The first-order valence-electron chi connectivity index (χ1n) is 7.98. The Hall–Kier alpha value is -2.51. The first-order valence-corrected chi connectivity index (χ1v) is 7.98. The van der Waals surface area contributed by atoms with Gasteiger partial charge in [0.05, 0.1) is 18.0 Å². The summed E-state index contributed by atoms with van der Waals surface area (Å²) in [6.45, 7) is 3.54. The summed E-state index contributed by atoms with van der Waals surface area (Å²) in [6, 6.07) is 2.68. The standard InChI is InChI=1S/C17H20F2N2O4/c1-10(2)20(6-5-16(23)24)17(25)11-7-15(22)21(9-11)14-4-3-12(18)8-13(14)19/h3-4,8,10-11H,5-7,9H2,1-2H3,(H,23,24). The van der Waals surface area contributed by atoms with Crippen LogP contribution in [0, 0.1) is 17.6 Å². The highest BCUT2D eigenvalue weighted by atomic mass is 19.1. The van der Waals surface area contributed by atoms with Gasteiger partial charge in [-0.1, -0.05) is 0 Å². The number of amides is 2. The maximum atomic E-state index is 13.9. The van der Waals surface area contributed by atoms with Crippen molar-refractivity contribution in [3.63, 3.8) is 0 Å². The molecule has 0 aliphatic carbocycles. The van der Waals surface area contributed by atoms with Crippen LogP contribution in [-0.4, -0.2) is 46.9 Å². The number of carbonyl (C=O) groups excluding carboxylic acids is 2. The summed E-state index contributed by atoms with van der Waals surface area (Å²) in [5.41, 5.74) is -0.0664. The van der Waals surface area contributed by atoms with E-state index in [1.165, 1.54) is 11.0 Å². The molecule has 0 aromatic heterocycles. The maximum absolute atomic E-state index is 13.9. The predicted octanol–water partition coefficient (Wildman–Crippen LogP) is 2.03. The van der Waals surface area contributed by atoms with Gasteiger partial charge in [0.15, 0.2) is 0 Å². The van der Waals surface area contributed by atoms with E-state index in [9.17, 15) is 23.2 Å². The Morgan fingerprint density at radius 2 is 2.04 bits per heavy atom. The molecule has 1 heterocycles. The van der Waals surface area contributed by atoms with Crippen molar-refractivity contribution in [3.8, 4) is 0 Å². The molecule has 0 spiro atoms. The van der Waals surface area contributed by atoms with Crippen molar-refractivity contribution in [2.75, 3.05) is 18.0 Å². The van der Waals surface area contributed by atoms with Crippen molar-refractivity contribution in [1.29, 1.82) is 0 Å². The lowest BCUT2D eigenvalue weighted by molar-refractivity contribution is -0.141. The molecule has 1 unspecified atom stereocenters. The fourth-order valence-electron chi connectivity index (χ4n) is 2.88. The maximum Gasteiger partial charge on any atom is 0.305 e. The fraction of sp³-hybridized carbons (Fsp3) is 0.471. The smallest absolute Gasteiger partial charge is 0.305 e. The van der Waals surface area contributed by atoms with Crippen LogP contribution in [0.1, 0.15) is 26.7 Å². The summed E-state index contributed by atoms with van der Waals surface area (Å²) < 4.78 is 26.9. The monoisotopic (exact) mass is 354 g/mol. The molecule has 2 amide bonds. The molecule has 0 radical (unpaired) electrons. The van der Waals surface area contributed by atoms with Gasteiger partial charge >= 0.3 is 5.97 Å². The molecule has 1 saturated heterocycles. The van der Waals surface area contributed by atoms with Crippen LogP contribution in [-0.2, 0) is 14.4 Å². The first-order chi connectivity index (χ1) is 11.7. The molecule has 0 bridgehead atoms. The minimum Gasteiger partial charge on any atom is -0.481 e. The second-order valence-corrected chi connectivity index (χ2v) is 6.27. The molecule has 136 valence electrons. The third kappa shape index (κ3) is 4.32. The number of hydrogen-bond acceptors (Lipinski definition) is 3. The van der Waals surface area contributed by atoms with Gasteiger partial charge in [0.2, 0.25) is 11.8 Å². The Kier molecular flexibility index (Phi) is 5.71. The van der Waals surface area contributed by atoms with Crippen LogP contribution in [0.25, 0.3) is 0 Å². The number of benzene rings is 1. The average molecular weight is 354 g/mol. The predicted molar refractivity (Wildman–Crippen MR) is 85.9 cm³/mol. The summed E-state index contributed by atoms with van der Waals surface area (Å²) in [7, 11) is 0. The number of rotatable bonds is 6. The lowest BCUT2D eigenvalue weighted by atomic mass is 10.1. The van der Waals surface area contributed by atoms with Crippen LogP contribution in [0.4, 0.5) is 14.5 Å². The highest BCUT2D eigenvalue weighted by Gasteiger charge is 2.38. The molecule has 0 saturated carbocycles. The van der Waals surface area contributed by atoms with Crippen LogP contribution in [0.2, 0.25) is 0 Å². The molecular formula is C17H20F2N2O4. The normalized spacial score (nSPS) is 17.2. The Bertz CT molecular complexity index is 693. The molecule has 1 atom stereocenters. The fourth-order valence-corrected chi connectivity index (χ4v) is 2.88. The van der Waals surface area contributed by atoms with E-state index in [4.69, 9.17) is 5.11 Å². The van der Waals surface area contributed by atoms with Gasteiger partial charge in [-0.3, -0.25) is 14.4 Å². The number of carboxylic acids is 1. The van der Waals surface area contributed by atoms with Gasteiger partial charge in [-0.05, 0) is 26.0 Å². The van der Waals surface area contributed by atoms with Crippen molar-refractivity contribution < 1.29 is 28.3 Å². The number of carboxylic acid groups (broad SMARTS) is 1. The van der Waals surface area contributed by atoms with E-state index < -0.39 is 29.4 Å². The molecular weight excluding hydrogens is 334 g/mol. The van der Waals surface area contributed by atoms with Gasteiger partial charge in [0, 0.05) is 31.6 Å². The Morgan fingerprint density at radius 1 is 1.36 bits per heavy atom. The van der Waals surface area contributed by atoms with E-state index in [-0.39, 0.29) is 43.6 Å². The van der Waals surface area contributed by atoms with Gasteiger partial charge in [0.25, 0.3) is 0 Å². The zero-order valence-electron chi connectivity index (χ0n) is 14.0. The summed E-state index contributed by atoms with van der Waals surface area (Å²) in [5, 5.41) is 8.80. The highest BCUT2D eigenvalue weighted by Crippen LogP contribution is 2.29. The Balaban J connectivity index is 2.14. The number of anilines is 1. The molecule has 1 fully saturated rings. The Labute approximate surface area is 144 Å². The van der Waals surface area contributed by atoms with Crippen LogP contribution in [0.15, 0.2) is 18.2 Å². The van der Waals surface area contributed by atoms with E-state index in [1.807, 2.05) is 0 Å². The largest absolute Gasteiger partial charge is 0.481 e. The minimum absolute atomic E-state index is 0.0174. The van der Waals surface area contributed by atoms with E-state index in [0.29, 0.717) is 6.07 Å².